The summed E-state index contributed by atoms with van der Waals surface area (Å²) in [5.74, 6) is 0.262. The van der Waals surface area contributed by atoms with E-state index in [1.54, 1.807) is 19.2 Å². The van der Waals surface area contributed by atoms with Crippen molar-refractivity contribution in [1.29, 1.82) is 0 Å². The Labute approximate surface area is 119 Å². The molecule has 0 radical (unpaired) electrons. The van der Waals surface area contributed by atoms with E-state index in [2.05, 4.69) is 5.32 Å². The van der Waals surface area contributed by atoms with Gasteiger partial charge >= 0.3 is 5.97 Å². The lowest BCUT2D eigenvalue weighted by Crippen LogP contribution is -2.31. The lowest BCUT2D eigenvalue weighted by molar-refractivity contribution is -0.147. The Morgan fingerprint density at radius 1 is 1.25 bits per heavy atom. The van der Waals surface area contributed by atoms with Gasteiger partial charge in [0.15, 0.2) is 6.61 Å². The Kier molecular flexibility index (Phi) is 6.56. The van der Waals surface area contributed by atoms with Crippen LogP contribution in [0.1, 0.15) is 19.4 Å². The van der Waals surface area contributed by atoms with E-state index < -0.39 is 5.97 Å². The van der Waals surface area contributed by atoms with Crippen molar-refractivity contribution in [3.8, 4) is 5.75 Å². The Morgan fingerprint density at radius 2 is 1.95 bits per heavy atom. The summed E-state index contributed by atoms with van der Waals surface area (Å²) in [6, 6.07) is 7.21. The highest BCUT2D eigenvalue weighted by molar-refractivity contribution is 5.81. The average molecular weight is 279 g/mol. The first-order chi connectivity index (χ1) is 9.52. The van der Waals surface area contributed by atoms with Gasteiger partial charge in [-0.15, -0.1) is 0 Å². The smallest absolute Gasteiger partial charge is 0.310 e. The minimum absolute atomic E-state index is 0.0848. The summed E-state index contributed by atoms with van der Waals surface area (Å²) in [5.41, 5.74) is 0.739. The summed E-state index contributed by atoms with van der Waals surface area (Å²) in [5, 5.41) is 2.68. The molecule has 1 amide bonds. The van der Waals surface area contributed by atoms with E-state index >= 15 is 0 Å². The maximum Gasteiger partial charge on any atom is 0.310 e. The second kappa shape index (κ2) is 8.19. The summed E-state index contributed by atoms with van der Waals surface area (Å²) in [7, 11) is 1.55. The molecule has 20 heavy (non-hydrogen) atoms. The minimum atomic E-state index is -0.450. The molecule has 5 nitrogen and oxygen atoms in total. The van der Waals surface area contributed by atoms with Crippen LogP contribution in [0, 0.1) is 5.92 Å². The zero-order valence-electron chi connectivity index (χ0n) is 12.1. The van der Waals surface area contributed by atoms with Crippen molar-refractivity contribution < 1.29 is 19.1 Å². The molecule has 0 saturated carbocycles. The maximum atomic E-state index is 11.7. The Balaban J connectivity index is 2.38. The molecular formula is C15H21NO4. The van der Waals surface area contributed by atoms with Crippen molar-refractivity contribution in [2.75, 3.05) is 20.3 Å². The summed E-state index contributed by atoms with van der Waals surface area (Å²) >= 11 is 0. The molecule has 0 aliphatic heterocycles. The molecule has 1 aromatic rings. The molecule has 0 heterocycles. The van der Waals surface area contributed by atoms with Gasteiger partial charge in [-0.3, -0.25) is 9.59 Å². The minimum Gasteiger partial charge on any atom is -0.496 e. The zero-order chi connectivity index (χ0) is 15.0. The first-order valence-electron chi connectivity index (χ1n) is 6.57. The monoisotopic (exact) mass is 279 g/mol. The van der Waals surface area contributed by atoms with Crippen molar-refractivity contribution in [2.24, 2.45) is 5.92 Å². The van der Waals surface area contributed by atoms with E-state index in [1.165, 1.54) is 0 Å². The number of hydrogen-bond donors (Lipinski definition) is 1. The predicted octanol–water partition coefficient (Wildman–Crippen LogP) is 1.55. The molecule has 1 rings (SSSR count). The van der Waals surface area contributed by atoms with Gasteiger partial charge in [0, 0.05) is 12.1 Å². The van der Waals surface area contributed by atoms with E-state index in [0.29, 0.717) is 18.2 Å². The number of esters is 1. The van der Waals surface area contributed by atoms with Crippen LogP contribution >= 0.6 is 0 Å². The fraction of sp³-hybridized carbons (Fsp3) is 0.467. The van der Waals surface area contributed by atoms with Gasteiger partial charge in [0.1, 0.15) is 5.75 Å². The molecule has 0 fully saturated rings. The molecule has 0 saturated heterocycles. The number of hydrogen-bond acceptors (Lipinski definition) is 4. The van der Waals surface area contributed by atoms with E-state index in [-0.39, 0.29) is 18.9 Å². The third kappa shape index (κ3) is 5.73. The molecule has 0 aliphatic carbocycles. The number of nitrogens with one attached hydrogen (secondary N) is 1. The lowest BCUT2D eigenvalue weighted by Gasteiger charge is -2.09. The summed E-state index contributed by atoms with van der Waals surface area (Å²) in [4.78, 5) is 23.1. The summed E-state index contributed by atoms with van der Waals surface area (Å²) in [6.07, 6.45) is 0.0848. The van der Waals surface area contributed by atoms with Gasteiger partial charge in [-0.25, -0.2) is 0 Å². The maximum absolute atomic E-state index is 11.7. The third-order valence-corrected chi connectivity index (χ3v) is 2.60. The highest BCUT2D eigenvalue weighted by Gasteiger charge is 2.11. The number of carbonyl (C=O) groups is 2. The number of rotatable bonds is 7. The topological polar surface area (TPSA) is 64.6 Å². The second-order valence-electron chi connectivity index (χ2n) is 4.85. The first-order valence-corrected chi connectivity index (χ1v) is 6.57. The molecule has 0 spiro atoms. The van der Waals surface area contributed by atoms with E-state index in [0.717, 1.165) is 5.56 Å². The predicted molar refractivity (Wildman–Crippen MR) is 75.5 cm³/mol. The number of amides is 1. The standard InChI is InChI=1S/C15H21NO4/c1-11(2)9-16-14(17)10-20-15(18)8-12-6-4-5-7-13(12)19-3/h4-7,11H,8-10H2,1-3H3,(H,16,17). The fourth-order valence-electron chi connectivity index (χ4n) is 1.57. The van der Waals surface area contributed by atoms with Crippen LogP contribution in [0.5, 0.6) is 5.75 Å². The van der Waals surface area contributed by atoms with E-state index in [9.17, 15) is 9.59 Å². The molecule has 0 bridgehead atoms. The van der Waals surface area contributed by atoms with Gasteiger partial charge < -0.3 is 14.8 Å². The fourth-order valence-corrected chi connectivity index (χ4v) is 1.57. The number of para-hydroxylation sites is 1. The normalized spacial score (nSPS) is 10.2. The average Bonchev–Trinajstić information content (AvgIpc) is 2.43. The molecule has 0 aliphatic rings. The Hall–Kier alpha value is -2.04. The van der Waals surface area contributed by atoms with Crippen LogP contribution in [-0.2, 0) is 20.7 Å². The largest absolute Gasteiger partial charge is 0.496 e. The van der Waals surface area contributed by atoms with E-state index in [1.807, 2.05) is 26.0 Å². The molecule has 1 N–H and O–H groups in total. The van der Waals surface area contributed by atoms with Crippen LogP contribution in [0.3, 0.4) is 0 Å². The van der Waals surface area contributed by atoms with Crippen LogP contribution in [0.4, 0.5) is 0 Å². The summed E-state index contributed by atoms with van der Waals surface area (Å²) < 4.78 is 10.1. The highest BCUT2D eigenvalue weighted by atomic mass is 16.5. The molecule has 110 valence electrons. The Morgan fingerprint density at radius 3 is 2.60 bits per heavy atom. The van der Waals surface area contributed by atoms with Crippen molar-refractivity contribution in [3.05, 3.63) is 29.8 Å². The van der Waals surface area contributed by atoms with E-state index in [4.69, 9.17) is 9.47 Å². The highest BCUT2D eigenvalue weighted by Crippen LogP contribution is 2.17. The van der Waals surface area contributed by atoms with Gasteiger partial charge in [0.05, 0.1) is 13.5 Å². The van der Waals surface area contributed by atoms with Gasteiger partial charge in [0.25, 0.3) is 5.91 Å². The van der Waals surface area contributed by atoms with Crippen molar-refractivity contribution >= 4 is 11.9 Å². The van der Waals surface area contributed by atoms with Crippen molar-refractivity contribution in [3.63, 3.8) is 0 Å². The van der Waals surface area contributed by atoms with Gasteiger partial charge in [-0.2, -0.15) is 0 Å². The number of carbonyl (C=O) groups excluding carboxylic acids is 2. The Bertz CT molecular complexity index is 457. The number of benzene rings is 1. The molecular weight excluding hydrogens is 258 g/mol. The van der Waals surface area contributed by atoms with Crippen LogP contribution < -0.4 is 10.1 Å². The van der Waals surface area contributed by atoms with Gasteiger partial charge in [0.2, 0.25) is 0 Å². The summed E-state index contributed by atoms with van der Waals surface area (Å²) in [6.45, 7) is 4.31. The number of methoxy groups -OCH3 is 1. The van der Waals surface area contributed by atoms with Crippen molar-refractivity contribution in [1.82, 2.24) is 5.32 Å². The molecule has 0 unspecified atom stereocenters. The van der Waals surface area contributed by atoms with Gasteiger partial charge in [-0.05, 0) is 12.0 Å². The second-order valence-corrected chi connectivity index (χ2v) is 4.85. The molecule has 0 atom stereocenters. The van der Waals surface area contributed by atoms with Crippen LogP contribution in [0.2, 0.25) is 0 Å². The van der Waals surface area contributed by atoms with Crippen LogP contribution in [0.25, 0.3) is 0 Å². The van der Waals surface area contributed by atoms with Crippen molar-refractivity contribution in [2.45, 2.75) is 20.3 Å². The molecule has 0 aromatic heterocycles. The van der Waals surface area contributed by atoms with Crippen LogP contribution in [-0.4, -0.2) is 32.1 Å². The SMILES string of the molecule is COc1ccccc1CC(=O)OCC(=O)NCC(C)C. The number of ether oxygens (including phenoxy) is 2. The van der Waals surface area contributed by atoms with Crippen LogP contribution in [0.15, 0.2) is 24.3 Å². The first kappa shape index (κ1) is 16.0. The lowest BCUT2D eigenvalue weighted by atomic mass is 10.1. The molecule has 5 heteroatoms. The quantitative estimate of drug-likeness (QED) is 0.769. The zero-order valence-corrected chi connectivity index (χ0v) is 12.1. The molecule has 1 aromatic carbocycles. The third-order valence-electron chi connectivity index (χ3n) is 2.60. The van der Waals surface area contributed by atoms with Gasteiger partial charge in [-0.1, -0.05) is 32.0 Å².